The lowest BCUT2D eigenvalue weighted by Crippen LogP contribution is -2.07. The van der Waals surface area contributed by atoms with Crippen LogP contribution in [0.25, 0.3) is 11.1 Å². The lowest BCUT2D eigenvalue weighted by atomic mass is 9.87. The minimum atomic E-state index is -0.988. The minimum Gasteiger partial charge on any atom is -0.384 e. The number of hydrogen-bond donors (Lipinski definition) is 1. The summed E-state index contributed by atoms with van der Waals surface area (Å²) in [6, 6.07) is 12.1. The average Bonchev–Trinajstić information content (AvgIpc) is 3.25. The summed E-state index contributed by atoms with van der Waals surface area (Å²) in [5, 5.41) is 13.7. The van der Waals surface area contributed by atoms with Crippen LogP contribution in [0.5, 0.6) is 0 Å². The van der Waals surface area contributed by atoms with E-state index in [9.17, 15) is 9.50 Å². The van der Waals surface area contributed by atoms with Crippen molar-refractivity contribution in [3.05, 3.63) is 111 Å². The van der Waals surface area contributed by atoms with Gasteiger partial charge >= 0.3 is 0 Å². The Morgan fingerprint density at radius 2 is 2.03 bits per heavy atom. The number of rotatable bonds is 6. The van der Waals surface area contributed by atoms with E-state index in [-0.39, 0.29) is 0 Å². The summed E-state index contributed by atoms with van der Waals surface area (Å²) < 4.78 is 14.9. The van der Waals surface area contributed by atoms with E-state index in [4.69, 9.17) is 11.6 Å². The lowest BCUT2D eigenvalue weighted by molar-refractivity contribution is 0.221. The highest BCUT2D eigenvalue weighted by Crippen LogP contribution is 2.41. The number of aliphatic hydroxyl groups is 1. The molecule has 3 rings (SSSR count). The number of pyridine rings is 1. The summed E-state index contributed by atoms with van der Waals surface area (Å²) in [5.41, 5.74) is 3.07. The van der Waals surface area contributed by atoms with E-state index >= 15 is 0 Å². The molecule has 0 saturated carbocycles. The zero-order valence-electron chi connectivity index (χ0n) is 16.1. The molecule has 3 aromatic rings. The fourth-order valence-corrected chi connectivity index (χ4v) is 4.18. The van der Waals surface area contributed by atoms with Crippen LogP contribution in [0.15, 0.2) is 84.0 Å². The summed E-state index contributed by atoms with van der Waals surface area (Å²) in [5.74, 6) is -0.442. The van der Waals surface area contributed by atoms with Crippen molar-refractivity contribution in [3.63, 3.8) is 0 Å². The molecule has 0 amide bonds. The number of aromatic nitrogens is 1. The first kappa shape index (κ1) is 21.2. The summed E-state index contributed by atoms with van der Waals surface area (Å²) in [6.45, 7) is 3.78. The molecule has 2 aromatic heterocycles. The van der Waals surface area contributed by atoms with E-state index in [1.165, 1.54) is 6.07 Å². The molecule has 0 aliphatic carbocycles. The van der Waals surface area contributed by atoms with Crippen LogP contribution in [0.1, 0.15) is 36.0 Å². The third kappa shape index (κ3) is 4.73. The maximum Gasteiger partial charge on any atom is 0.132 e. The molecule has 1 unspecified atom stereocenters. The van der Waals surface area contributed by atoms with Crippen molar-refractivity contribution in [2.75, 3.05) is 0 Å². The van der Waals surface area contributed by atoms with Gasteiger partial charge in [0.1, 0.15) is 11.9 Å². The van der Waals surface area contributed by atoms with E-state index < -0.39 is 11.9 Å². The Balaban J connectivity index is 2.34. The van der Waals surface area contributed by atoms with Crippen LogP contribution in [-0.4, -0.2) is 10.1 Å². The van der Waals surface area contributed by atoms with Gasteiger partial charge in [0, 0.05) is 39.0 Å². The zero-order chi connectivity index (χ0) is 20.8. The molecule has 0 bridgehead atoms. The molecule has 0 radical (unpaired) electrons. The van der Waals surface area contributed by atoms with Crippen molar-refractivity contribution in [3.8, 4) is 0 Å². The number of hydrogen-bond acceptors (Lipinski definition) is 3. The highest BCUT2D eigenvalue weighted by atomic mass is 35.5. The molecule has 2 heterocycles. The van der Waals surface area contributed by atoms with Crippen LogP contribution >= 0.6 is 22.9 Å². The van der Waals surface area contributed by atoms with E-state index in [0.29, 0.717) is 27.3 Å². The van der Waals surface area contributed by atoms with Gasteiger partial charge in [-0.25, -0.2) is 4.39 Å². The van der Waals surface area contributed by atoms with Crippen molar-refractivity contribution in [1.29, 1.82) is 0 Å². The highest BCUT2D eigenvalue weighted by Gasteiger charge is 2.24. The molecule has 1 N–H and O–H groups in total. The molecule has 1 atom stereocenters. The molecular formula is C24H21ClFNOS. The van der Waals surface area contributed by atoms with E-state index in [1.807, 2.05) is 55.7 Å². The Bertz CT molecular complexity index is 1060. The van der Waals surface area contributed by atoms with Crippen molar-refractivity contribution in [2.45, 2.75) is 20.0 Å². The Hall–Kier alpha value is -2.53. The standard InChI is InChI=1S/C24H21ClFNOS/c1-3-7-20(19-11-10-17(25)14-21(19)26)23(18(4-2)22-9-6-13-29-22)24(28)16-8-5-12-27-15-16/h3-15,24,28H,1-2H3/b7-3-,18-4-,23-20-. The molecule has 0 saturated heterocycles. The van der Waals surface area contributed by atoms with E-state index in [1.54, 1.807) is 41.9 Å². The van der Waals surface area contributed by atoms with Gasteiger partial charge in [-0.2, -0.15) is 0 Å². The Labute approximate surface area is 179 Å². The van der Waals surface area contributed by atoms with Crippen LogP contribution in [0.4, 0.5) is 4.39 Å². The monoisotopic (exact) mass is 425 g/mol. The maximum absolute atomic E-state index is 14.9. The summed E-state index contributed by atoms with van der Waals surface area (Å²) in [6.07, 6.45) is 7.88. The van der Waals surface area contributed by atoms with Gasteiger partial charge in [0.25, 0.3) is 0 Å². The normalized spacial score (nSPS) is 14.2. The van der Waals surface area contributed by atoms with Crippen LogP contribution < -0.4 is 0 Å². The van der Waals surface area contributed by atoms with Gasteiger partial charge in [0.15, 0.2) is 0 Å². The van der Waals surface area contributed by atoms with Crippen LogP contribution in [0.2, 0.25) is 5.02 Å². The van der Waals surface area contributed by atoms with E-state index in [0.717, 1.165) is 10.5 Å². The van der Waals surface area contributed by atoms with Gasteiger partial charge in [0.05, 0.1) is 0 Å². The van der Waals surface area contributed by atoms with Gasteiger partial charge in [-0.3, -0.25) is 4.98 Å². The van der Waals surface area contributed by atoms with Gasteiger partial charge in [0.2, 0.25) is 0 Å². The van der Waals surface area contributed by atoms with Gasteiger partial charge in [-0.05, 0) is 60.7 Å². The maximum atomic E-state index is 14.9. The number of allylic oxidation sites excluding steroid dienone is 4. The molecule has 29 heavy (non-hydrogen) atoms. The first-order valence-electron chi connectivity index (χ1n) is 9.17. The molecule has 148 valence electrons. The third-order valence-electron chi connectivity index (χ3n) is 4.48. The molecule has 0 spiro atoms. The topological polar surface area (TPSA) is 33.1 Å². The summed E-state index contributed by atoms with van der Waals surface area (Å²) >= 11 is 7.53. The minimum absolute atomic E-state index is 0.324. The predicted molar refractivity (Wildman–Crippen MR) is 120 cm³/mol. The van der Waals surface area contributed by atoms with E-state index in [2.05, 4.69) is 4.98 Å². The second kappa shape index (κ2) is 9.79. The van der Waals surface area contributed by atoms with Crippen LogP contribution in [0, 0.1) is 5.82 Å². The summed E-state index contributed by atoms with van der Waals surface area (Å²) in [7, 11) is 0. The molecule has 0 fully saturated rings. The molecule has 0 aliphatic heterocycles. The predicted octanol–water partition coefficient (Wildman–Crippen LogP) is 7.10. The third-order valence-corrected chi connectivity index (χ3v) is 5.62. The fourth-order valence-electron chi connectivity index (χ4n) is 3.21. The molecular weight excluding hydrogens is 405 g/mol. The summed E-state index contributed by atoms with van der Waals surface area (Å²) in [4.78, 5) is 5.12. The number of aliphatic hydroxyl groups excluding tert-OH is 1. The quantitative estimate of drug-likeness (QED) is 0.427. The number of benzene rings is 1. The molecule has 1 aromatic carbocycles. The largest absolute Gasteiger partial charge is 0.384 e. The van der Waals surface area contributed by atoms with Gasteiger partial charge < -0.3 is 5.11 Å². The molecule has 5 heteroatoms. The Morgan fingerprint density at radius 3 is 2.62 bits per heavy atom. The number of thiophene rings is 1. The van der Waals surface area contributed by atoms with Crippen molar-refractivity contribution in [2.24, 2.45) is 0 Å². The first-order chi connectivity index (χ1) is 14.1. The Morgan fingerprint density at radius 1 is 1.21 bits per heavy atom. The SMILES string of the molecule is C\C=C/C(=C(\C(=C/C)c1cccs1)C(O)c1cccnc1)c1ccc(Cl)cc1F. The highest BCUT2D eigenvalue weighted by molar-refractivity contribution is 7.11. The van der Waals surface area contributed by atoms with Crippen molar-refractivity contribution < 1.29 is 9.50 Å². The molecule has 0 aliphatic rings. The lowest BCUT2D eigenvalue weighted by Gasteiger charge is -2.22. The number of halogens is 2. The van der Waals surface area contributed by atoms with Crippen molar-refractivity contribution >= 4 is 34.1 Å². The fraction of sp³-hybridized carbons (Fsp3) is 0.125. The first-order valence-corrected chi connectivity index (χ1v) is 10.4. The molecule has 2 nitrogen and oxygen atoms in total. The second-order valence-corrected chi connectivity index (χ2v) is 7.70. The van der Waals surface area contributed by atoms with Crippen LogP contribution in [0.3, 0.4) is 0 Å². The van der Waals surface area contributed by atoms with Crippen LogP contribution in [-0.2, 0) is 0 Å². The van der Waals surface area contributed by atoms with Gasteiger partial charge in [-0.15, -0.1) is 11.3 Å². The number of nitrogens with zero attached hydrogens (tertiary/aromatic N) is 1. The second-order valence-electron chi connectivity index (χ2n) is 6.32. The van der Waals surface area contributed by atoms with Gasteiger partial charge in [-0.1, -0.05) is 42.0 Å². The zero-order valence-corrected chi connectivity index (χ0v) is 17.7. The average molecular weight is 426 g/mol. The Kier molecular flexibility index (Phi) is 7.15. The smallest absolute Gasteiger partial charge is 0.132 e. The van der Waals surface area contributed by atoms with Crippen molar-refractivity contribution in [1.82, 2.24) is 4.98 Å².